The molecule has 0 radical (unpaired) electrons. The van der Waals surface area contributed by atoms with Crippen molar-refractivity contribution in [3.8, 4) is 0 Å². The lowest BCUT2D eigenvalue weighted by molar-refractivity contribution is 0.0598. The number of fused-ring (bicyclic) bond motifs is 1. The maximum atomic E-state index is 11.7. The van der Waals surface area contributed by atoms with E-state index in [4.69, 9.17) is 15.2 Å². The van der Waals surface area contributed by atoms with Gasteiger partial charge in [0.1, 0.15) is 6.10 Å². The van der Waals surface area contributed by atoms with Gasteiger partial charge >= 0.3 is 5.97 Å². The number of hydrogen-bond acceptors (Lipinski definition) is 6. The number of nitrogen functional groups attached to an aromatic ring is 1. The maximum absolute atomic E-state index is 11.7. The van der Waals surface area contributed by atoms with E-state index in [2.05, 4.69) is 10.1 Å². The Balaban J connectivity index is 2.00. The third-order valence-electron chi connectivity index (χ3n) is 3.94. The second-order valence-corrected chi connectivity index (χ2v) is 5.21. The van der Waals surface area contributed by atoms with Gasteiger partial charge in [0.2, 0.25) is 5.95 Å². The molecule has 0 spiro atoms. The van der Waals surface area contributed by atoms with Crippen LogP contribution in [0.25, 0.3) is 0 Å². The molecule has 1 aliphatic heterocycles. The Labute approximate surface area is 128 Å². The van der Waals surface area contributed by atoms with Crippen molar-refractivity contribution < 1.29 is 14.3 Å². The molecule has 2 unspecified atom stereocenters. The van der Waals surface area contributed by atoms with E-state index in [1.54, 1.807) is 17.9 Å². The summed E-state index contributed by atoms with van der Waals surface area (Å²) in [6, 6.07) is 7.34. The lowest BCUT2D eigenvalue weighted by Gasteiger charge is -2.28. The third-order valence-corrected chi connectivity index (χ3v) is 3.94. The highest BCUT2D eigenvalue weighted by Crippen LogP contribution is 2.36. The first-order valence-electron chi connectivity index (χ1n) is 7.07. The van der Waals surface area contributed by atoms with Gasteiger partial charge in [-0.05, 0) is 30.5 Å². The molecule has 0 fully saturated rings. The zero-order valence-corrected chi connectivity index (χ0v) is 12.5. The largest absolute Gasteiger partial charge is 0.465 e. The summed E-state index contributed by atoms with van der Waals surface area (Å²) in [6.45, 7) is 0. The summed E-state index contributed by atoms with van der Waals surface area (Å²) in [7, 11) is 3.02. The molecule has 0 bridgehead atoms. The van der Waals surface area contributed by atoms with Gasteiger partial charge in [0.25, 0.3) is 0 Å². The van der Waals surface area contributed by atoms with Crippen molar-refractivity contribution in [2.75, 3.05) is 20.0 Å². The number of carbonyl (C=O) groups is 1. The van der Waals surface area contributed by atoms with Crippen LogP contribution in [0.5, 0.6) is 0 Å². The zero-order valence-electron chi connectivity index (χ0n) is 12.5. The molecular weight excluding hydrogens is 284 g/mol. The molecular formula is C15H18N4O3. The number of carbonyl (C=O) groups excluding carboxylic acids is 1. The monoisotopic (exact) mass is 302 g/mol. The summed E-state index contributed by atoms with van der Waals surface area (Å²) in [5.74, 6) is 0.596. The van der Waals surface area contributed by atoms with Crippen LogP contribution < -0.4 is 5.73 Å². The summed E-state index contributed by atoms with van der Waals surface area (Å²) in [6.07, 6.45) is 1.55. The van der Waals surface area contributed by atoms with E-state index in [0.717, 1.165) is 24.2 Å². The van der Waals surface area contributed by atoms with Gasteiger partial charge in [-0.3, -0.25) is 0 Å². The Bertz CT molecular complexity index is 698. The minimum absolute atomic E-state index is 0.0178. The molecule has 22 heavy (non-hydrogen) atoms. The summed E-state index contributed by atoms with van der Waals surface area (Å²) >= 11 is 0. The first-order valence-corrected chi connectivity index (χ1v) is 7.07. The standard InChI is InChI=1S/C15H18N4O3/c1-21-12-7-6-11(19-13(12)17-15(16)18-19)9-4-3-5-10(8-9)14(20)22-2/h3-5,8,11-12H,6-7H2,1-2H3,(H2,16,18). The maximum Gasteiger partial charge on any atom is 0.337 e. The van der Waals surface area contributed by atoms with E-state index in [0.29, 0.717) is 5.56 Å². The second-order valence-electron chi connectivity index (χ2n) is 5.21. The Morgan fingerprint density at radius 3 is 2.91 bits per heavy atom. The van der Waals surface area contributed by atoms with Crippen molar-refractivity contribution in [2.24, 2.45) is 0 Å². The molecule has 1 aliphatic rings. The van der Waals surface area contributed by atoms with Gasteiger partial charge in [0.15, 0.2) is 5.82 Å². The van der Waals surface area contributed by atoms with Gasteiger partial charge < -0.3 is 15.2 Å². The number of hydrogen-bond donors (Lipinski definition) is 1. The highest BCUT2D eigenvalue weighted by atomic mass is 16.5. The Morgan fingerprint density at radius 1 is 1.36 bits per heavy atom. The molecule has 3 rings (SSSR count). The van der Waals surface area contributed by atoms with Crippen LogP contribution >= 0.6 is 0 Å². The number of methoxy groups -OCH3 is 2. The average Bonchev–Trinajstić information content (AvgIpc) is 2.94. The number of benzene rings is 1. The molecule has 0 saturated carbocycles. The van der Waals surface area contributed by atoms with Crippen LogP contribution in [0, 0.1) is 0 Å². The molecule has 1 aromatic heterocycles. The highest BCUT2D eigenvalue weighted by molar-refractivity contribution is 5.89. The van der Waals surface area contributed by atoms with Crippen LogP contribution in [0.3, 0.4) is 0 Å². The lowest BCUT2D eigenvalue weighted by Crippen LogP contribution is -2.24. The Hall–Kier alpha value is -2.41. The van der Waals surface area contributed by atoms with Gasteiger partial charge in [-0.1, -0.05) is 12.1 Å². The molecule has 7 heteroatoms. The van der Waals surface area contributed by atoms with E-state index in [1.165, 1.54) is 7.11 Å². The van der Waals surface area contributed by atoms with E-state index in [9.17, 15) is 4.79 Å². The molecule has 0 amide bonds. The molecule has 2 heterocycles. The van der Waals surface area contributed by atoms with Crippen LogP contribution in [-0.2, 0) is 9.47 Å². The van der Waals surface area contributed by atoms with Crippen molar-refractivity contribution in [3.05, 3.63) is 41.2 Å². The number of aromatic nitrogens is 3. The van der Waals surface area contributed by atoms with Gasteiger partial charge in [0, 0.05) is 7.11 Å². The van der Waals surface area contributed by atoms with Crippen LogP contribution in [0.4, 0.5) is 5.95 Å². The number of esters is 1. The predicted octanol–water partition coefficient (Wildman–Crippen LogP) is 1.72. The van der Waals surface area contributed by atoms with Gasteiger partial charge in [-0.25, -0.2) is 9.48 Å². The molecule has 0 saturated heterocycles. The fraction of sp³-hybridized carbons (Fsp3) is 0.400. The highest BCUT2D eigenvalue weighted by Gasteiger charge is 2.31. The topological polar surface area (TPSA) is 92.3 Å². The number of nitrogens with zero attached hydrogens (tertiary/aromatic N) is 3. The van der Waals surface area contributed by atoms with Crippen LogP contribution in [0.1, 0.15) is 46.7 Å². The Kier molecular flexibility index (Phi) is 3.81. The summed E-state index contributed by atoms with van der Waals surface area (Å²) in [4.78, 5) is 16.0. The van der Waals surface area contributed by atoms with Crippen molar-refractivity contribution >= 4 is 11.9 Å². The minimum Gasteiger partial charge on any atom is -0.465 e. The first-order chi connectivity index (χ1) is 10.6. The third kappa shape index (κ3) is 2.43. The van der Waals surface area contributed by atoms with E-state index in [-0.39, 0.29) is 24.1 Å². The molecule has 2 aromatic rings. The molecule has 0 aliphatic carbocycles. The number of rotatable bonds is 3. The van der Waals surface area contributed by atoms with Crippen LogP contribution in [-0.4, -0.2) is 35.0 Å². The first kappa shape index (κ1) is 14.5. The second kappa shape index (κ2) is 5.76. The number of nitrogens with two attached hydrogens (primary N) is 1. The van der Waals surface area contributed by atoms with E-state index in [1.807, 2.05) is 18.2 Å². The van der Waals surface area contributed by atoms with Gasteiger partial charge in [0.05, 0.1) is 18.7 Å². The molecule has 2 N–H and O–H groups in total. The van der Waals surface area contributed by atoms with Crippen LogP contribution in [0.2, 0.25) is 0 Å². The van der Waals surface area contributed by atoms with Crippen LogP contribution in [0.15, 0.2) is 24.3 Å². The van der Waals surface area contributed by atoms with Gasteiger partial charge in [-0.15, -0.1) is 5.10 Å². The molecule has 2 atom stereocenters. The normalized spacial score (nSPS) is 20.5. The van der Waals surface area contributed by atoms with Crippen molar-refractivity contribution in [2.45, 2.75) is 25.0 Å². The fourth-order valence-electron chi connectivity index (χ4n) is 2.88. The predicted molar refractivity (Wildman–Crippen MR) is 79.3 cm³/mol. The molecule has 7 nitrogen and oxygen atoms in total. The van der Waals surface area contributed by atoms with Crippen molar-refractivity contribution in [1.29, 1.82) is 0 Å². The fourth-order valence-corrected chi connectivity index (χ4v) is 2.88. The summed E-state index contributed by atoms with van der Waals surface area (Å²) in [5.41, 5.74) is 7.24. The van der Waals surface area contributed by atoms with Crippen molar-refractivity contribution in [1.82, 2.24) is 14.8 Å². The zero-order chi connectivity index (χ0) is 15.7. The smallest absolute Gasteiger partial charge is 0.337 e. The molecule has 116 valence electrons. The Morgan fingerprint density at radius 2 is 2.18 bits per heavy atom. The summed E-state index contributed by atoms with van der Waals surface area (Å²) < 4.78 is 12.0. The summed E-state index contributed by atoms with van der Waals surface area (Å²) in [5, 5.41) is 4.29. The van der Waals surface area contributed by atoms with Crippen molar-refractivity contribution in [3.63, 3.8) is 0 Å². The average molecular weight is 302 g/mol. The minimum atomic E-state index is -0.356. The number of ether oxygens (including phenoxy) is 2. The quantitative estimate of drug-likeness (QED) is 0.868. The SMILES string of the molecule is COC(=O)c1cccc(C2CCC(OC)c3nc(N)nn32)c1. The number of anilines is 1. The van der Waals surface area contributed by atoms with E-state index >= 15 is 0 Å². The lowest BCUT2D eigenvalue weighted by atomic mass is 9.95. The van der Waals surface area contributed by atoms with Gasteiger partial charge in [-0.2, -0.15) is 4.98 Å². The molecule has 1 aromatic carbocycles. The van der Waals surface area contributed by atoms with E-state index < -0.39 is 0 Å².